The Morgan fingerprint density at radius 2 is 1.88 bits per heavy atom. The first-order valence-electron chi connectivity index (χ1n) is 9.18. The summed E-state index contributed by atoms with van der Waals surface area (Å²) >= 11 is 6.32. The topological polar surface area (TPSA) is 40.5 Å². The zero-order valence-corrected chi connectivity index (χ0v) is 16.0. The molecule has 138 valence electrons. The van der Waals surface area contributed by atoms with Gasteiger partial charge < -0.3 is 5.11 Å². The minimum atomic E-state index is -0.0945. The van der Waals surface area contributed by atoms with E-state index in [1.54, 1.807) is 6.92 Å². The quantitative estimate of drug-likeness (QED) is 0.767. The molecule has 1 aliphatic rings. The van der Waals surface area contributed by atoms with Crippen LogP contribution in [0.25, 0.3) is 0 Å². The number of nitrogens with zero attached hydrogens (tertiary/aromatic N) is 1. The molecule has 0 saturated carbocycles. The van der Waals surface area contributed by atoms with Gasteiger partial charge in [0.2, 0.25) is 0 Å². The fourth-order valence-electron chi connectivity index (χ4n) is 3.77. The number of aliphatic hydroxyl groups is 1. The highest BCUT2D eigenvalue weighted by Gasteiger charge is 2.34. The van der Waals surface area contributed by atoms with Crippen molar-refractivity contribution in [3.8, 4) is 0 Å². The van der Waals surface area contributed by atoms with Crippen LogP contribution in [0, 0.1) is 5.41 Å². The number of likely N-dealkylation sites (tertiary alicyclic amines) is 1. The van der Waals surface area contributed by atoms with Crippen LogP contribution in [-0.4, -0.2) is 35.5 Å². The summed E-state index contributed by atoms with van der Waals surface area (Å²) < 4.78 is 0. The van der Waals surface area contributed by atoms with Crippen LogP contribution in [0.2, 0.25) is 5.02 Å². The molecule has 0 unspecified atom stereocenters. The van der Waals surface area contributed by atoms with Gasteiger partial charge in [-0.15, -0.1) is 0 Å². The van der Waals surface area contributed by atoms with E-state index in [9.17, 15) is 9.90 Å². The summed E-state index contributed by atoms with van der Waals surface area (Å²) in [4.78, 5) is 14.0. The van der Waals surface area contributed by atoms with Gasteiger partial charge in [0.15, 0.2) is 5.78 Å². The molecule has 1 saturated heterocycles. The number of aliphatic hydroxyl groups excluding tert-OH is 1. The number of carbonyl (C=O) groups is 1. The Kier molecular flexibility index (Phi) is 6.13. The van der Waals surface area contributed by atoms with Crippen molar-refractivity contribution in [2.45, 2.75) is 32.7 Å². The van der Waals surface area contributed by atoms with Crippen LogP contribution in [-0.2, 0) is 13.0 Å². The van der Waals surface area contributed by atoms with Crippen LogP contribution in [0.4, 0.5) is 0 Å². The number of carbonyl (C=O) groups excluding carboxylic acids is 1. The van der Waals surface area contributed by atoms with E-state index in [0.29, 0.717) is 0 Å². The maximum atomic E-state index is 11.6. The first-order valence-corrected chi connectivity index (χ1v) is 9.56. The van der Waals surface area contributed by atoms with Gasteiger partial charge in [-0.2, -0.15) is 0 Å². The molecule has 1 N–H and O–H groups in total. The van der Waals surface area contributed by atoms with Gasteiger partial charge in [0.25, 0.3) is 0 Å². The van der Waals surface area contributed by atoms with Crippen molar-refractivity contribution in [3.05, 3.63) is 70.2 Å². The van der Waals surface area contributed by atoms with E-state index >= 15 is 0 Å². The Morgan fingerprint density at radius 1 is 1.15 bits per heavy atom. The lowest BCUT2D eigenvalue weighted by atomic mass is 9.74. The Bertz CT molecular complexity index is 766. The van der Waals surface area contributed by atoms with Crippen molar-refractivity contribution < 1.29 is 9.90 Å². The average Bonchev–Trinajstić information content (AvgIpc) is 2.65. The molecule has 0 bridgehead atoms. The van der Waals surface area contributed by atoms with Crippen molar-refractivity contribution in [1.29, 1.82) is 0 Å². The summed E-state index contributed by atoms with van der Waals surface area (Å²) in [6, 6.07) is 15.8. The molecule has 0 aliphatic carbocycles. The highest BCUT2D eigenvalue weighted by atomic mass is 35.5. The summed E-state index contributed by atoms with van der Waals surface area (Å²) in [6.45, 7) is 4.51. The third-order valence-electron chi connectivity index (χ3n) is 5.52. The number of benzene rings is 2. The molecular formula is C22H26ClNO2. The molecule has 3 rings (SSSR count). The molecule has 0 atom stereocenters. The lowest BCUT2D eigenvalue weighted by molar-refractivity contribution is 0.0414. The second-order valence-corrected chi connectivity index (χ2v) is 7.87. The Morgan fingerprint density at radius 3 is 2.54 bits per heavy atom. The monoisotopic (exact) mass is 371 g/mol. The largest absolute Gasteiger partial charge is 0.396 e. The average molecular weight is 372 g/mol. The van der Waals surface area contributed by atoms with Crippen molar-refractivity contribution in [3.63, 3.8) is 0 Å². The number of Topliss-reactive ketones (excluding diaryl/α,β-unsaturated/α-hetero) is 1. The molecule has 2 aromatic rings. The molecule has 3 nitrogen and oxygen atoms in total. The summed E-state index contributed by atoms with van der Waals surface area (Å²) in [5.41, 5.74) is 2.96. The number of halogens is 1. The van der Waals surface area contributed by atoms with Gasteiger partial charge in [-0.25, -0.2) is 0 Å². The zero-order chi connectivity index (χ0) is 18.6. The molecule has 2 aromatic carbocycles. The zero-order valence-electron chi connectivity index (χ0n) is 15.2. The van der Waals surface area contributed by atoms with Crippen LogP contribution in [0.15, 0.2) is 48.5 Å². The summed E-state index contributed by atoms with van der Waals surface area (Å²) in [7, 11) is 0. The molecule has 26 heavy (non-hydrogen) atoms. The van der Waals surface area contributed by atoms with Crippen molar-refractivity contribution in [2.24, 2.45) is 5.41 Å². The minimum Gasteiger partial charge on any atom is -0.396 e. The van der Waals surface area contributed by atoms with Gasteiger partial charge in [0, 0.05) is 23.7 Å². The predicted molar refractivity (Wildman–Crippen MR) is 106 cm³/mol. The Balaban J connectivity index is 1.63. The van der Waals surface area contributed by atoms with Crippen LogP contribution < -0.4 is 0 Å². The number of piperidine rings is 1. The lowest BCUT2D eigenvalue weighted by Gasteiger charge is -2.41. The van der Waals surface area contributed by atoms with Gasteiger partial charge in [-0.1, -0.05) is 48.0 Å². The number of hydrogen-bond acceptors (Lipinski definition) is 3. The molecule has 0 aromatic heterocycles. The van der Waals surface area contributed by atoms with E-state index in [-0.39, 0.29) is 17.8 Å². The van der Waals surface area contributed by atoms with Gasteiger partial charge in [-0.3, -0.25) is 9.69 Å². The van der Waals surface area contributed by atoms with E-state index in [1.807, 2.05) is 36.4 Å². The second kappa shape index (κ2) is 8.34. The molecule has 0 amide bonds. The van der Waals surface area contributed by atoms with Gasteiger partial charge in [-0.05, 0) is 68.0 Å². The first kappa shape index (κ1) is 19.1. The van der Waals surface area contributed by atoms with E-state index < -0.39 is 0 Å². The Labute approximate surface area is 160 Å². The van der Waals surface area contributed by atoms with Gasteiger partial charge in [0.05, 0.1) is 0 Å². The van der Waals surface area contributed by atoms with Crippen LogP contribution >= 0.6 is 11.6 Å². The Hall–Kier alpha value is -1.68. The summed E-state index contributed by atoms with van der Waals surface area (Å²) in [5, 5.41) is 10.8. The van der Waals surface area contributed by atoms with E-state index in [1.165, 1.54) is 5.56 Å². The molecule has 4 heteroatoms. The smallest absolute Gasteiger partial charge is 0.159 e. The predicted octanol–water partition coefficient (Wildman–Crippen LogP) is 4.36. The maximum absolute atomic E-state index is 11.6. The fourth-order valence-corrected chi connectivity index (χ4v) is 3.97. The minimum absolute atomic E-state index is 0.0945. The summed E-state index contributed by atoms with van der Waals surface area (Å²) in [5.74, 6) is 0.101. The molecule has 1 fully saturated rings. The third kappa shape index (κ3) is 4.53. The first-order chi connectivity index (χ1) is 12.5. The number of rotatable bonds is 6. The highest BCUT2D eigenvalue weighted by Crippen LogP contribution is 2.36. The van der Waals surface area contributed by atoms with Crippen molar-refractivity contribution in [2.75, 3.05) is 19.7 Å². The molecular weight excluding hydrogens is 346 g/mol. The van der Waals surface area contributed by atoms with E-state index in [2.05, 4.69) is 17.0 Å². The SMILES string of the molecule is CC(=O)c1cccc(CN2CCC(CO)(Cc3ccccc3Cl)CC2)c1. The van der Waals surface area contributed by atoms with Crippen molar-refractivity contribution in [1.82, 2.24) is 4.90 Å². The molecule has 0 spiro atoms. The van der Waals surface area contributed by atoms with Crippen LogP contribution in [0.3, 0.4) is 0 Å². The van der Waals surface area contributed by atoms with E-state index in [4.69, 9.17) is 11.6 Å². The maximum Gasteiger partial charge on any atom is 0.159 e. The van der Waals surface area contributed by atoms with Crippen LogP contribution in [0.1, 0.15) is 41.3 Å². The third-order valence-corrected chi connectivity index (χ3v) is 5.88. The number of hydrogen-bond donors (Lipinski definition) is 1. The van der Waals surface area contributed by atoms with Crippen molar-refractivity contribution >= 4 is 17.4 Å². The van der Waals surface area contributed by atoms with Gasteiger partial charge >= 0.3 is 0 Å². The van der Waals surface area contributed by atoms with E-state index in [0.717, 1.165) is 55.0 Å². The second-order valence-electron chi connectivity index (χ2n) is 7.46. The molecule has 0 radical (unpaired) electrons. The highest BCUT2D eigenvalue weighted by molar-refractivity contribution is 6.31. The number of ketones is 1. The lowest BCUT2D eigenvalue weighted by Crippen LogP contribution is -2.42. The van der Waals surface area contributed by atoms with Gasteiger partial charge in [0.1, 0.15) is 0 Å². The molecule has 1 aliphatic heterocycles. The van der Waals surface area contributed by atoms with Crippen LogP contribution in [0.5, 0.6) is 0 Å². The normalized spacial score (nSPS) is 17.2. The fraction of sp³-hybridized carbons (Fsp3) is 0.409. The summed E-state index contributed by atoms with van der Waals surface area (Å²) in [6.07, 6.45) is 2.71. The molecule has 1 heterocycles. The standard InChI is InChI=1S/C22H26ClNO2/c1-17(26)19-7-4-5-18(13-19)15-24-11-9-22(16-25,10-12-24)14-20-6-2-3-8-21(20)23/h2-8,13,25H,9-12,14-16H2,1H3.